The summed E-state index contributed by atoms with van der Waals surface area (Å²) in [5, 5.41) is 11.9. The number of Topliss-reactive ketones (excluding diaryl/α,β-unsaturated/α-hetero) is 1. The fourth-order valence-corrected chi connectivity index (χ4v) is 4.23. The summed E-state index contributed by atoms with van der Waals surface area (Å²) in [5.41, 5.74) is 1.49. The maximum Gasteiger partial charge on any atom is 0.227 e. The third-order valence-electron chi connectivity index (χ3n) is 3.89. The van der Waals surface area contributed by atoms with Crippen molar-refractivity contribution in [3.63, 3.8) is 0 Å². The van der Waals surface area contributed by atoms with E-state index in [-0.39, 0.29) is 11.7 Å². The summed E-state index contributed by atoms with van der Waals surface area (Å²) >= 11 is 2.79. The number of nitrogens with one attached hydrogen (secondary N) is 1. The minimum Gasteiger partial charge on any atom is -0.383 e. The summed E-state index contributed by atoms with van der Waals surface area (Å²) in [6.07, 6.45) is 1.49. The van der Waals surface area contributed by atoms with Crippen LogP contribution in [0.3, 0.4) is 0 Å². The molecule has 9 heteroatoms. The lowest BCUT2D eigenvalue weighted by Crippen LogP contribution is -2.23. The molecule has 2 heterocycles. The first-order chi connectivity index (χ1) is 12.7. The molecule has 1 aromatic carbocycles. The van der Waals surface area contributed by atoms with Crippen LogP contribution in [0.1, 0.15) is 23.2 Å². The molecule has 1 fully saturated rings. The highest BCUT2D eigenvalue weighted by molar-refractivity contribution is 8.01. The fraction of sp³-hybridized carbons (Fsp3) is 0.412. The normalized spacial score (nSPS) is 14.0. The third kappa shape index (κ3) is 4.80. The van der Waals surface area contributed by atoms with E-state index in [0.717, 1.165) is 28.1 Å². The van der Waals surface area contributed by atoms with Gasteiger partial charge in [0.05, 0.1) is 12.4 Å². The van der Waals surface area contributed by atoms with E-state index in [2.05, 4.69) is 15.5 Å². The minimum absolute atomic E-state index is 0.0263. The molecule has 26 heavy (non-hydrogen) atoms. The van der Waals surface area contributed by atoms with Crippen molar-refractivity contribution in [1.29, 1.82) is 0 Å². The van der Waals surface area contributed by atoms with Crippen LogP contribution in [0.25, 0.3) is 0 Å². The van der Waals surface area contributed by atoms with Crippen molar-refractivity contribution in [2.45, 2.75) is 17.2 Å². The van der Waals surface area contributed by atoms with Crippen LogP contribution >= 0.6 is 23.1 Å². The van der Waals surface area contributed by atoms with Gasteiger partial charge in [-0.25, -0.2) is 0 Å². The number of methoxy groups -OCH3 is 1. The van der Waals surface area contributed by atoms with Gasteiger partial charge in [-0.05, 0) is 30.7 Å². The van der Waals surface area contributed by atoms with Crippen LogP contribution in [0.2, 0.25) is 0 Å². The van der Waals surface area contributed by atoms with Crippen LogP contribution in [-0.2, 0) is 9.53 Å². The standard InChI is InChI=1S/C17H20N4O3S2/c1-24-10-8-18-16-19-20-17(26-16)25-11-14(22)12-4-6-13(7-5-12)21-9-2-3-15(21)23/h4-7H,2-3,8-11H2,1H3,(H,18,19). The van der Waals surface area contributed by atoms with Crippen molar-refractivity contribution in [3.05, 3.63) is 29.8 Å². The first-order valence-electron chi connectivity index (χ1n) is 8.30. The number of ether oxygens (including phenoxy) is 1. The Balaban J connectivity index is 1.51. The predicted octanol–water partition coefficient (Wildman–Crippen LogP) is 2.70. The van der Waals surface area contributed by atoms with Gasteiger partial charge in [0.1, 0.15) is 0 Å². The average molecular weight is 393 g/mol. The second-order valence-corrected chi connectivity index (χ2v) is 7.90. The number of ketones is 1. The van der Waals surface area contributed by atoms with Gasteiger partial charge in [0, 0.05) is 37.9 Å². The number of amides is 1. The van der Waals surface area contributed by atoms with E-state index in [1.54, 1.807) is 24.1 Å². The van der Waals surface area contributed by atoms with Crippen molar-refractivity contribution < 1.29 is 14.3 Å². The van der Waals surface area contributed by atoms with Gasteiger partial charge in [-0.2, -0.15) is 0 Å². The number of thioether (sulfide) groups is 1. The van der Waals surface area contributed by atoms with Crippen LogP contribution < -0.4 is 10.2 Å². The van der Waals surface area contributed by atoms with Gasteiger partial charge in [-0.1, -0.05) is 23.1 Å². The Morgan fingerprint density at radius 3 is 2.85 bits per heavy atom. The highest BCUT2D eigenvalue weighted by atomic mass is 32.2. The molecule has 0 aliphatic carbocycles. The van der Waals surface area contributed by atoms with E-state index < -0.39 is 0 Å². The molecule has 1 aromatic heterocycles. The molecule has 1 amide bonds. The first-order valence-corrected chi connectivity index (χ1v) is 10.1. The Hall–Kier alpha value is -1.97. The number of carbonyl (C=O) groups is 2. The number of carbonyl (C=O) groups excluding carboxylic acids is 2. The smallest absolute Gasteiger partial charge is 0.227 e. The van der Waals surface area contributed by atoms with Crippen molar-refractivity contribution >= 4 is 45.6 Å². The summed E-state index contributed by atoms with van der Waals surface area (Å²) in [6.45, 7) is 2.01. The number of hydrogen-bond acceptors (Lipinski definition) is 8. The van der Waals surface area contributed by atoms with Crippen molar-refractivity contribution in [3.8, 4) is 0 Å². The van der Waals surface area contributed by atoms with E-state index in [1.807, 2.05) is 12.1 Å². The maximum absolute atomic E-state index is 12.4. The Kier molecular flexibility index (Phi) is 6.59. The number of anilines is 2. The summed E-state index contributed by atoms with van der Waals surface area (Å²) in [6, 6.07) is 7.23. The monoisotopic (exact) mass is 392 g/mol. The Labute approximate surface area is 160 Å². The van der Waals surface area contributed by atoms with Gasteiger partial charge < -0.3 is 15.0 Å². The van der Waals surface area contributed by atoms with Crippen LogP contribution in [0.5, 0.6) is 0 Å². The zero-order chi connectivity index (χ0) is 18.4. The largest absolute Gasteiger partial charge is 0.383 e. The van der Waals surface area contributed by atoms with Crippen LogP contribution in [0.4, 0.5) is 10.8 Å². The summed E-state index contributed by atoms with van der Waals surface area (Å²) < 4.78 is 5.72. The van der Waals surface area contributed by atoms with Crippen LogP contribution in [0, 0.1) is 0 Å². The molecule has 0 bridgehead atoms. The molecule has 0 unspecified atom stereocenters. The van der Waals surface area contributed by atoms with Crippen LogP contribution in [0.15, 0.2) is 28.6 Å². The van der Waals surface area contributed by atoms with E-state index in [9.17, 15) is 9.59 Å². The Morgan fingerprint density at radius 2 is 2.15 bits per heavy atom. The Bertz CT molecular complexity index is 764. The minimum atomic E-state index is 0.0263. The summed E-state index contributed by atoms with van der Waals surface area (Å²) in [5.74, 6) is 0.471. The highest BCUT2D eigenvalue weighted by Gasteiger charge is 2.21. The molecule has 1 saturated heterocycles. The van der Waals surface area contributed by atoms with E-state index in [1.165, 1.54) is 23.1 Å². The molecule has 0 radical (unpaired) electrons. The van der Waals surface area contributed by atoms with E-state index in [0.29, 0.717) is 30.9 Å². The van der Waals surface area contributed by atoms with E-state index in [4.69, 9.17) is 4.74 Å². The molecule has 1 aliphatic rings. The number of nitrogens with zero attached hydrogens (tertiary/aromatic N) is 3. The van der Waals surface area contributed by atoms with Crippen molar-refractivity contribution in [2.75, 3.05) is 42.8 Å². The Morgan fingerprint density at radius 1 is 1.35 bits per heavy atom. The summed E-state index contributed by atoms with van der Waals surface area (Å²) in [4.78, 5) is 25.9. The van der Waals surface area contributed by atoms with Crippen molar-refractivity contribution in [1.82, 2.24) is 10.2 Å². The van der Waals surface area contributed by atoms with Crippen molar-refractivity contribution in [2.24, 2.45) is 0 Å². The average Bonchev–Trinajstić information content (AvgIpc) is 3.29. The summed E-state index contributed by atoms with van der Waals surface area (Å²) in [7, 11) is 1.64. The molecule has 138 valence electrons. The van der Waals surface area contributed by atoms with E-state index >= 15 is 0 Å². The lowest BCUT2D eigenvalue weighted by Gasteiger charge is -2.15. The first kappa shape index (κ1) is 18.8. The molecule has 1 N–H and O–H groups in total. The van der Waals surface area contributed by atoms with Crippen LogP contribution in [-0.4, -0.2) is 54.4 Å². The topological polar surface area (TPSA) is 84.4 Å². The lowest BCUT2D eigenvalue weighted by molar-refractivity contribution is -0.117. The molecular weight excluding hydrogens is 372 g/mol. The number of hydrogen-bond donors (Lipinski definition) is 1. The fourth-order valence-electron chi connectivity index (χ4n) is 2.56. The molecule has 0 atom stereocenters. The van der Waals surface area contributed by atoms with Gasteiger partial charge in [0.15, 0.2) is 10.1 Å². The lowest BCUT2D eigenvalue weighted by atomic mass is 10.1. The SMILES string of the molecule is COCCNc1nnc(SCC(=O)c2ccc(N3CCCC3=O)cc2)s1. The second kappa shape index (κ2) is 9.11. The second-order valence-electron chi connectivity index (χ2n) is 5.70. The molecular formula is C17H20N4O3S2. The van der Waals surface area contributed by atoms with Gasteiger partial charge in [-0.15, -0.1) is 10.2 Å². The predicted molar refractivity (Wildman–Crippen MR) is 103 cm³/mol. The molecule has 0 spiro atoms. The maximum atomic E-state index is 12.4. The number of aromatic nitrogens is 2. The quantitative estimate of drug-likeness (QED) is 0.399. The number of rotatable bonds is 9. The van der Waals surface area contributed by atoms with Gasteiger partial charge in [0.25, 0.3) is 0 Å². The van der Waals surface area contributed by atoms with Gasteiger partial charge in [0.2, 0.25) is 11.0 Å². The zero-order valence-electron chi connectivity index (χ0n) is 14.4. The molecule has 1 aliphatic heterocycles. The number of benzene rings is 1. The zero-order valence-corrected chi connectivity index (χ0v) is 16.1. The van der Waals surface area contributed by atoms with Gasteiger partial charge >= 0.3 is 0 Å². The molecule has 2 aromatic rings. The molecule has 3 rings (SSSR count). The molecule has 0 saturated carbocycles. The van der Waals surface area contributed by atoms with Gasteiger partial charge in [-0.3, -0.25) is 9.59 Å². The highest BCUT2D eigenvalue weighted by Crippen LogP contribution is 2.27. The third-order valence-corrected chi connectivity index (χ3v) is 5.90. The molecule has 7 nitrogen and oxygen atoms in total.